The van der Waals surface area contributed by atoms with Crippen LogP contribution in [0, 0.1) is 0 Å². The Kier molecular flexibility index (Phi) is 2.76. The molecular formula is C13H12N2O2S. The molecule has 1 aliphatic rings. The van der Waals surface area contributed by atoms with Gasteiger partial charge in [0.1, 0.15) is 0 Å². The number of nitrogens with zero attached hydrogens (tertiary/aromatic N) is 2. The minimum absolute atomic E-state index is 0.133. The summed E-state index contributed by atoms with van der Waals surface area (Å²) in [5, 5.41) is 11.3. The summed E-state index contributed by atoms with van der Waals surface area (Å²) >= 11 is 1.39. The second-order valence-electron chi connectivity index (χ2n) is 4.26. The topological polar surface area (TPSA) is 53.4 Å². The van der Waals surface area contributed by atoms with Gasteiger partial charge in [0.25, 0.3) is 0 Å². The predicted octanol–water partition coefficient (Wildman–Crippen LogP) is 2.40. The van der Waals surface area contributed by atoms with Gasteiger partial charge in [-0.2, -0.15) is 0 Å². The van der Waals surface area contributed by atoms with E-state index in [-0.39, 0.29) is 5.69 Å². The summed E-state index contributed by atoms with van der Waals surface area (Å²) in [5.74, 6) is -0.963. The summed E-state index contributed by atoms with van der Waals surface area (Å²) in [4.78, 5) is 17.1. The van der Waals surface area contributed by atoms with Crippen LogP contribution < -0.4 is 4.90 Å². The lowest BCUT2D eigenvalue weighted by Gasteiger charge is -2.28. The number of benzene rings is 1. The average Bonchev–Trinajstić information content (AvgIpc) is 2.88. The minimum Gasteiger partial charge on any atom is -0.476 e. The second-order valence-corrected chi connectivity index (χ2v) is 5.10. The van der Waals surface area contributed by atoms with Crippen LogP contribution in [0.25, 0.3) is 0 Å². The summed E-state index contributed by atoms with van der Waals surface area (Å²) in [6, 6.07) is 8.36. The number of fused-ring (bicyclic) bond motifs is 1. The van der Waals surface area contributed by atoms with E-state index in [1.54, 1.807) is 5.38 Å². The highest BCUT2D eigenvalue weighted by molar-refractivity contribution is 7.13. The fourth-order valence-corrected chi connectivity index (χ4v) is 2.99. The van der Waals surface area contributed by atoms with Crippen LogP contribution in [0.3, 0.4) is 0 Å². The van der Waals surface area contributed by atoms with Crippen LogP contribution in [0.4, 0.5) is 5.13 Å². The van der Waals surface area contributed by atoms with Gasteiger partial charge in [-0.3, -0.25) is 0 Å². The molecule has 1 N–H and O–H groups in total. The van der Waals surface area contributed by atoms with Crippen LogP contribution in [0.2, 0.25) is 0 Å². The quantitative estimate of drug-likeness (QED) is 0.901. The molecule has 5 heteroatoms. The molecule has 1 aromatic carbocycles. The Morgan fingerprint density at radius 1 is 1.33 bits per heavy atom. The number of aromatic carboxylic acids is 1. The molecule has 92 valence electrons. The molecule has 2 aromatic rings. The third kappa shape index (κ3) is 1.97. The molecule has 0 fully saturated rings. The van der Waals surface area contributed by atoms with Gasteiger partial charge >= 0.3 is 5.97 Å². The monoisotopic (exact) mass is 260 g/mol. The van der Waals surface area contributed by atoms with Gasteiger partial charge in [0, 0.05) is 18.5 Å². The number of rotatable bonds is 2. The van der Waals surface area contributed by atoms with E-state index in [0.717, 1.165) is 24.6 Å². The van der Waals surface area contributed by atoms with E-state index in [1.807, 2.05) is 6.07 Å². The first kappa shape index (κ1) is 11.2. The van der Waals surface area contributed by atoms with Crippen molar-refractivity contribution in [2.45, 2.75) is 13.0 Å². The number of carboxylic acids is 1. The fourth-order valence-electron chi connectivity index (χ4n) is 2.17. The molecule has 1 aromatic heterocycles. The zero-order chi connectivity index (χ0) is 12.5. The number of anilines is 1. The number of carbonyl (C=O) groups is 1. The van der Waals surface area contributed by atoms with Gasteiger partial charge in [-0.1, -0.05) is 24.3 Å². The van der Waals surface area contributed by atoms with E-state index in [1.165, 1.54) is 22.5 Å². The van der Waals surface area contributed by atoms with Crippen molar-refractivity contribution < 1.29 is 9.90 Å². The largest absolute Gasteiger partial charge is 0.476 e. The summed E-state index contributed by atoms with van der Waals surface area (Å²) in [6.45, 7) is 1.70. The first-order chi connectivity index (χ1) is 8.74. The van der Waals surface area contributed by atoms with Crippen LogP contribution in [0.1, 0.15) is 21.6 Å². The maximum absolute atomic E-state index is 10.8. The van der Waals surface area contributed by atoms with E-state index in [9.17, 15) is 4.79 Å². The number of hydrogen-bond acceptors (Lipinski definition) is 4. The van der Waals surface area contributed by atoms with Crippen molar-refractivity contribution in [3.05, 3.63) is 46.5 Å². The zero-order valence-electron chi connectivity index (χ0n) is 9.67. The van der Waals surface area contributed by atoms with Gasteiger partial charge in [0.05, 0.1) is 0 Å². The summed E-state index contributed by atoms with van der Waals surface area (Å²) in [7, 11) is 0. The molecule has 4 nitrogen and oxygen atoms in total. The normalized spacial score (nSPS) is 14.3. The zero-order valence-corrected chi connectivity index (χ0v) is 10.5. The molecule has 0 atom stereocenters. The van der Waals surface area contributed by atoms with Gasteiger partial charge in [-0.25, -0.2) is 9.78 Å². The lowest BCUT2D eigenvalue weighted by atomic mass is 10.0. The Morgan fingerprint density at radius 2 is 2.11 bits per heavy atom. The van der Waals surface area contributed by atoms with Gasteiger partial charge < -0.3 is 10.0 Å². The standard InChI is InChI=1S/C13H12N2O2S/c16-12(17)11-8-18-13(14-11)15-6-5-9-3-1-2-4-10(9)7-15/h1-4,8H,5-7H2,(H,16,17). The minimum atomic E-state index is -0.963. The molecule has 0 unspecified atom stereocenters. The van der Waals surface area contributed by atoms with Crippen LogP contribution in [-0.4, -0.2) is 22.6 Å². The Labute approximate surface area is 109 Å². The van der Waals surface area contributed by atoms with E-state index < -0.39 is 5.97 Å². The summed E-state index contributed by atoms with van der Waals surface area (Å²) in [5.41, 5.74) is 2.81. The molecule has 0 saturated heterocycles. The second kappa shape index (κ2) is 4.42. The lowest BCUT2D eigenvalue weighted by molar-refractivity contribution is 0.0691. The highest BCUT2D eigenvalue weighted by atomic mass is 32.1. The Balaban J connectivity index is 1.85. The lowest BCUT2D eigenvalue weighted by Crippen LogP contribution is -2.30. The molecule has 0 spiro atoms. The molecule has 1 aliphatic heterocycles. The van der Waals surface area contributed by atoms with E-state index in [2.05, 4.69) is 28.1 Å². The van der Waals surface area contributed by atoms with Crippen LogP contribution in [0.15, 0.2) is 29.6 Å². The Hall–Kier alpha value is -1.88. The van der Waals surface area contributed by atoms with E-state index >= 15 is 0 Å². The number of hydrogen-bond donors (Lipinski definition) is 1. The smallest absolute Gasteiger partial charge is 0.355 e. The number of carboxylic acid groups (broad SMARTS) is 1. The number of aromatic nitrogens is 1. The number of thiazole rings is 1. The van der Waals surface area contributed by atoms with Crippen molar-refractivity contribution in [3.63, 3.8) is 0 Å². The molecule has 2 heterocycles. The molecule has 0 aliphatic carbocycles. The fraction of sp³-hybridized carbons (Fsp3) is 0.231. The molecule has 0 saturated carbocycles. The average molecular weight is 260 g/mol. The Morgan fingerprint density at radius 3 is 2.83 bits per heavy atom. The van der Waals surface area contributed by atoms with Crippen molar-refractivity contribution in [1.82, 2.24) is 4.98 Å². The van der Waals surface area contributed by atoms with Crippen LogP contribution >= 0.6 is 11.3 Å². The van der Waals surface area contributed by atoms with Crippen molar-refractivity contribution in [3.8, 4) is 0 Å². The van der Waals surface area contributed by atoms with Gasteiger partial charge in [-0.15, -0.1) is 11.3 Å². The van der Waals surface area contributed by atoms with Crippen molar-refractivity contribution in [2.24, 2.45) is 0 Å². The van der Waals surface area contributed by atoms with Crippen molar-refractivity contribution in [2.75, 3.05) is 11.4 Å². The third-order valence-electron chi connectivity index (χ3n) is 3.11. The van der Waals surface area contributed by atoms with Gasteiger partial charge in [-0.05, 0) is 17.5 Å². The van der Waals surface area contributed by atoms with E-state index in [4.69, 9.17) is 5.11 Å². The molecule has 0 amide bonds. The first-order valence-corrected chi connectivity index (χ1v) is 6.62. The summed E-state index contributed by atoms with van der Waals surface area (Å²) < 4.78 is 0. The third-order valence-corrected chi connectivity index (χ3v) is 4.01. The van der Waals surface area contributed by atoms with E-state index in [0.29, 0.717) is 0 Å². The highest BCUT2D eigenvalue weighted by Crippen LogP contribution is 2.27. The molecule has 0 bridgehead atoms. The molecule has 18 heavy (non-hydrogen) atoms. The molecular weight excluding hydrogens is 248 g/mol. The Bertz CT molecular complexity index is 594. The molecule has 3 rings (SSSR count). The van der Waals surface area contributed by atoms with Crippen molar-refractivity contribution in [1.29, 1.82) is 0 Å². The van der Waals surface area contributed by atoms with Crippen molar-refractivity contribution >= 4 is 22.4 Å². The van der Waals surface area contributed by atoms with Gasteiger partial charge in [0.2, 0.25) is 0 Å². The maximum atomic E-state index is 10.8. The first-order valence-electron chi connectivity index (χ1n) is 5.74. The maximum Gasteiger partial charge on any atom is 0.355 e. The summed E-state index contributed by atoms with van der Waals surface area (Å²) in [6.07, 6.45) is 0.984. The molecule has 0 radical (unpaired) electrons. The predicted molar refractivity (Wildman–Crippen MR) is 70.3 cm³/mol. The van der Waals surface area contributed by atoms with Gasteiger partial charge in [0.15, 0.2) is 10.8 Å². The van der Waals surface area contributed by atoms with Crippen LogP contribution in [0.5, 0.6) is 0 Å². The SMILES string of the molecule is O=C(O)c1csc(N2CCc3ccccc3C2)n1. The van der Waals surface area contributed by atoms with Crippen LogP contribution in [-0.2, 0) is 13.0 Å². The highest BCUT2D eigenvalue weighted by Gasteiger charge is 2.19.